The van der Waals surface area contributed by atoms with Crippen molar-refractivity contribution in [1.82, 2.24) is 4.98 Å². The molecule has 0 saturated carbocycles. The van der Waals surface area contributed by atoms with E-state index in [2.05, 4.69) is 10.3 Å². The minimum Gasteiger partial charge on any atom is -0.481 e. The number of sulfone groups is 1. The Kier molecular flexibility index (Phi) is 4.23. The van der Waals surface area contributed by atoms with E-state index in [1.807, 2.05) is 0 Å². The average molecular weight is 306 g/mol. The zero-order chi connectivity index (χ0) is 15.5. The van der Waals surface area contributed by atoms with Gasteiger partial charge in [-0.3, -0.25) is 4.79 Å². The topological polar surface area (TPSA) is 85.4 Å². The normalized spacial score (nSPS) is 11.0. The van der Waals surface area contributed by atoms with Crippen LogP contribution in [0.1, 0.15) is 10.4 Å². The SMILES string of the molecule is COc1ccc(NC(=O)c2ccccc2S(C)(=O)=O)cn1. The molecule has 0 atom stereocenters. The highest BCUT2D eigenvalue weighted by molar-refractivity contribution is 7.90. The van der Waals surface area contributed by atoms with Gasteiger partial charge in [0.2, 0.25) is 5.88 Å². The molecule has 2 aromatic rings. The lowest BCUT2D eigenvalue weighted by Crippen LogP contribution is -2.16. The Balaban J connectivity index is 2.28. The number of amides is 1. The molecule has 0 unspecified atom stereocenters. The van der Waals surface area contributed by atoms with Crippen LogP contribution in [0.25, 0.3) is 0 Å². The molecule has 2 rings (SSSR count). The molecule has 0 fully saturated rings. The van der Waals surface area contributed by atoms with Gasteiger partial charge >= 0.3 is 0 Å². The lowest BCUT2D eigenvalue weighted by Gasteiger charge is -2.09. The van der Waals surface area contributed by atoms with E-state index in [0.29, 0.717) is 11.6 Å². The fraction of sp³-hybridized carbons (Fsp3) is 0.143. The van der Waals surface area contributed by atoms with Crippen LogP contribution in [0.2, 0.25) is 0 Å². The number of nitrogens with one attached hydrogen (secondary N) is 1. The summed E-state index contributed by atoms with van der Waals surface area (Å²) in [6.45, 7) is 0. The van der Waals surface area contributed by atoms with Crippen LogP contribution in [-0.2, 0) is 9.84 Å². The third kappa shape index (κ3) is 3.57. The number of carbonyl (C=O) groups excluding carboxylic acids is 1. The van der Waals surface area contributed by atoms with Gasteiger partial charge in [0, 0.05) is 12.3 Å². The number of carbonyl (C=O) groups is 1. The first kappa shape index (κ1) is 15.0. The van der Waals surface area contributed by atoms with Gasteiger partial charge in [0.25, 0.3) is 5.91 Å². The minimum atomic E-state index is -3.48. The highest BCUT2D eigenvalue weighted by atomic mass is 32.2. The van der Waals surface area contributed by atoms with Crippen LogP contribution in [0.3, 0.4) is 0 Å². The number of anilines is 1. The molecule has 0 bridgehead atoms. The second kappa shape index (κ2) is 5.92. The molecule has 21 heavy (non-hydrogen) atoms. The third-order valence-electron chi connectivity index (χ3n) is 2.73. The Labute approximate surface area is 122 Å². The van der Waals surface area contributed by atoms with Gasteiger partial charge in [-0.25, -0.2) is 13.4 Å². The van der Waals surface area contributed by atoms with E-state index in [4.69, 9.17) is 4.74 Å². The third-order valence-corrected chi connectivity index (χ3v) is 3.89. The molecule has 0 spiro atoms. The summed E-state index contributed by atoms with van der Waals surface area (Å²) in [5.41, 5.74) is 0.542. The number of pyridine rings is 1. The van der Waals surface area contributed by atoms with Gasteiger partial charge in [-0.15, -0.1) is 0 Å². The Hall–Kier alpha value is -2.41. The van der Waals surface area contributed by atoms with Crippen LogP contribution in [-0.4, -0.2) is 32.7 Å². The van der Waals surface area contributed by atoms with Gasteiger partial charge in [0.15, 0.2) is 9.84 Å². The second-order valence-corrected chi connectivity index (χ2v) is 6.30. The number of aromatic nitrogens is 1. The van der Waals surface area contributed by atoms with Gasteiger partial charge in [-0.1, -0.05) is 12.1 Å². The van der Waals surface area contributed by atoms with Gasteiger partial charge in [-0.05, 0) is 18.2 Å². The van der Waals surface area contributed by atoms with Gasteiger partial charge in [0.05, 0.1) is 29.5 Å². The highest BCUT2D eigenvalue weighted by Crippen LogP contribution is 2.18. The summed E-state index contributed by atoms with van der Waals surface area (Å²) < 4.78 is 28.3. The number of rotatable bonds is 4. The largest absolute Gasteiger partial charge is 0.481 e. The van der Waals surface area contributed by atoms with Crippen molar-refractivity contribution in [3.8, 4) is 5.88 Å². The number of hydrogen-bond donors (Lipinski definition) is 1. The summed E-state index contributed by atoms with van der Waals surface area (Å²) in [6.07, 6.45) is 2.49. The van der Waals surface area contributed by atoms with Crippen molar-refractivity contribution in [3.05, 3.63) is 48.2 Å². The first-order chi connectivity index (χ1) is 9.91. The Morgan fingerprint density at radius 3 is 2.48 bits per heavy atom. The summed E-state index contributed by atoms with van der Waals surface area (Å²) in [5.74, 6) is -0.0903. The molecule has 1 N–H and O–H groups in total. The molecular formula is C14H14N2O4S. The molecule has 6 nitrogen and oxygen atoms in total. The van der Waals surface area contributed by atoms with Crippen LogP contribution in [0.15, 0.2) is 47.5 Å². The van der Waals surface area contributed by atoms with E-state index < -0.39 is 15.7 Å². The number of methoxy groups -OCH3 is 1. The van der Waals surface area contributed by atoms with Crippen LogP contribution in [0.5, 0.6) is 5.88 Å². The number of benzene rings is 1. The first-order valence-electron chi connectivity index (χ1n) is 6.02. The van der Waals surface area contributed by atoms with Crippen molar-refractivity contribution in [2.45, 2.75) is 4.90 Å². The van der Waals surface area contributed by atoms with Gasteiger partial charge in [0.1, 0.15) is 0 Å². The van der Waals surface area contributed by atoms with Crippen molar-refractivity contribution in [2.24, 2.45) is 0 Å². The van der Waals surface area contributed by atoms with E-state index >= 15 is 0 Å². The summed E-state index contributed by atoms with van der Waals surface area (Å²) in [6, 6.07) is 9.25. The predicted molar refractivity (Wildman–Crippen MR) is 78.3 cm³/mol. The molecular weight excluding hydrogens is 292 g/mol. The van der Waals surface area contributed by atoms with E-state index in [-0.39, 0.29) is 10.5 Å². The molecule has 0 aliphatic rings. The van der Waals surface area contributed by atoms with Gasteiger partial charge in [-0.2, -0.15) is 0 Å². The smallest absolute Gasteiger partial charge is 0.257 e. The lowest BCUT2D eigenvalue weighted by atomic mass is 10.2. The maximum absolute atomic E-state index is 12.2. The summed E-state index contributed by atoms with van der Waals surface area (Å²) in [4.78, 5) is 16.2. The molecule has 1 amide bonds. The maximum Gasteiger partial charge on any atom is 0.257 e. The highest BCUT2D eigenvalue weighted by Gasteiger charge is 2.18. The van der Waals surface area contributed by atoms with E-state index in [0.717, 1.165) is 6.26 Å². The molecule has 0 aliphatic heterocycles. The van der Waals surface area contributed by atoms with Crippen LogP contribution in [0.4, 0.5) is 5.69 Å². The van der Waals surface area contributed by atoms with E-state index in [1.165, 1.54) is 25.4 Å². The maximum atomic E-state index is 12.2. The minimum absolute atomic E-state index is 0.0102. The zero-order valence-corrected chi connectivity index (χ0v) is 12.3. The first-order valence-corrected chi connectivity index (χ1v) is 7.91. The van der Waals surface area contributed by atoms with Crippen molar-refractivity contribution in [1.29, 1.82) is 0 Å². The Morgan fingerprint density at radius 2 is 1.90 bits per heavy atom. The van der Waals surface area contributed by atoms with Gasteiger partial charge < -0.3 is 10.1 Å². The predicted octanol–water partition coefficient (Wildman–Crippen LogP) is 1.75. The van der Waals surface area contributed by atoms with Crippen molar-refractivity contribution >= 4 is 21.4 Å². The standard InChI is InChI=1S/C14H14N2O4S/c1-20-13-8-7-10(9-15-13)16-14(17)11-5-3-4-6-12(11)21(2,18)19/h3-9H,1-2H3,(H,16,17). The monoisotopic (exact) mass is 306 g/mol. The molecule has 0 saturated heterocycles. The van der Waals surface area contributed by atoms with Crippen LogP contribution in [0, 0.1) is 0 Å². The van der Waals surface area contributed by atoms with Crippen molar-refractivity contribution in [2.75, 3.05) is 18.7 Å². The summed E-state index contributed by atoms with van der Waals surface area (Å²) >= 11 is 0. The second-order valence-electron chi connectivity index (χ2n) is 4.31. The number of hydrogen-bond acceptors (Lipinski definition) is 5. The number of ether oxygens (including phenoxy) is 1. The van der Waals surface area contributed by atoms with Crippen molar-refractivity contribution < 1.29 is 17.9 Å². The summed E-state index contributed by atoms with van der Waals surface area (Å²) in [7, 11) is -1.99. The Morgan fingerprint density at radius 1 is 1.19 bits per heavy atom. The molecule has 1 aromatic heterocycles. The molecule has 110 valence electrons. The molecule has 1 aromatic carbocycles. The van der Waals surface area contributed by atoms with E-state index in [1.54, 1.807) is 24.3 Å². The fourth-order valence-electron chi connectivity index (χ4n) is 1.75. The zero-order valence-electron chi connectivity index (χ0n) is 11.5. The van der Waals surface area contributed by atoms with E-state index in [9.17, 15) is 13.2 Å². The Bertz CT molecular complexity index is 755. The molecule has 7 heteroatoms. The average Bonchev–Trinajstić information content (AvgIpc) is 2.47. The quantitative estimate of drug-likeness (QED) is 0.930. The molecule has 0 aliphatic carbocycles. The van der Waals surface area contributed by atoms with Crippen LogP contribution >= 0.6 is 0 Å². The molecule has 1 heterocycles. The van der Waals surface area contributed by atoms with Crippen LogP contribution < -0.4 is 10.1 Å². The van der Waals surface area contributed by atoms with Crippen molar-refractivity contribution in [3.63, 3.8) is 0 Å². The summed E-state index contributed by atoms with van der Waals surface area (Å²) in [5, 5.41) is 2.60. The number of nitrogens with zero attached hydrogens (tertiary/aromatic N) is 1. The lowest BCUT2D eigenvalue weighted by molar-refractivity contribution is 0.102. The molecule has 0 radical (unpaired) electrons. The fourth-order valence-corrected chi connectivity index (χ4v) is 2.64.